The topological polar surface area (TPSA) is 70.8 Å². The van der Waals surface area contributed by atoms with Crippen LogP contribution in [-0.2, 0) is 11.3 Å². The van der Waals surface area contributed by atoms with Crippen LogP contribution in [0, 0.1) is 0 Å². The molecule has 116 valence electrons. The molecule has 0 bridgehead atoms. The molecule has 0 spiro atoms. The van der Waals surface area contributed by atoms with Crippen molar-refractivity contribution < 1.29 is 9.53 Å². The van der Waals surface area contributed by atoms with Gasteiger partial charge in [0.15, 0.2) is 0 Å². The molecule has 1 aromatic heterocycles. The lowest BCUT2D eigenvalue weighted by molar-refractivity contribution is 0.0184. The van der Waals surface area contributed by atoms with Crippen LogP contribution in [0.25, 0.3) is 0 Å². The molecule has 2 saturated heterocycles. The molecular weight excluding hydrogens is 288 g/mol. The van der Waals surface area contributed by atoms with Crippen molar-refractivity contribution >= 4 is 17.2 Å². The van der Waals surface area contributed by atoms with Crippen molar-refractivity contribution in [1.82, 2.24) is 15.2 Å². The van der Waals surface area contributed by atoms with E-state index in [1.807, 2.05) is 12.1 Å². The number of hydrogen-bond acceptors (Lipinski definition) is 6. The number of ether oxygens (including phenoxy) is 1. The summed E-state index contributed by atoms with van der Waals surface area (Å²) in [6.07, 6.45) is 1.22. The Morgan fingerprint density at radius 3 is 2.95 bits per heavy atom. The second-order valence-electron chi connectivity index (χ2n) is 5.57. The van der Waals surface area contributed by atoms with Crippen molar-refractivity contribution in [2.75, 3.05) is 39.4 Å². The zero-order valence-electron chi connectivity index (χ0n) is 12.1. The van der Waals surface area contributed by atoms with Crippen LogP contribution in [0.2, 0.25) is 0 Å². The van der Waals surface area contributed by atoms with Gasteiger partial charge in [0.25, 0.3) is 5.91 Å². The lowest BCUT2D eigenvalue weighted by atomic mass is 10.2. The second kappa shape index (κ2) is 6.85. The quantitative estimate of drug-likeness (QED) is 0.474. The molecule has 21 heavy (non-hydrogen) atoms. The summed E-state index contributed by atoms with van der Waals surface area (Å²) < 4.78 is 5.42. The highest BCUT2D eigenvalue weighted by molar-refractivity contribution is 7.14. The van der Waals surface area contributed by atoms with E-state index in [1.165, 1.54) is 22.6 Å². The molecule has 0 aliphatic carbocycles. The van der Waals surface area contributed by atoms with Gasteiger partial charge in [0, 0.05) is 43.6 Å². The summed E-state index contributed by atoms with van der Waals surface area (Å²) in [5, 5.41) is 0. The van der Waals surface area contributed by atoms with Crippen LogP contribution in [0.3, 0.4) is 0 Å². The van der Waals surface area contributed by atoms with Crippen LogP contribution in [0.15, 0.2) is 12.1 Å². The number of hydrogen-bond donors (Lipinski definition) is 2. The van der Waals surface area contributed by atoms with Crippen molar-refractivity contribution in [3.8, 4) is 0 Å². The summed E-state index contributed by atoms with van der Waals surface area (Å²) >= 11 is 1.52. The van der Waals surface area contributed by atoms with E-state index in [4.69, 9.17) is 10.6 Å². The number of amides is 1. The predicted octanol–water partition coefficient (Wildman–Crippen LogP) is 0.258. The Morgan fingerprint density at radius 1 is 1.38 bits per heavy atom. The number of nitrogens with one attached hydrogen (secondary N) is 1. The molecule has 7 heteroatoms. The van der Waals surface area contributed by atoms with E-state index in [9.17, 15) is 4.79 Å². The molecule has 2 aliphatic rings. The fourth-order valence-corrected chi connectivity index (χ4v) is 4.03. The Balaban J connectivity index is 1.52. The smallest absolute Gasteiger partial charge is 0.275 e. The standard InChI is InChI=1S/C14H22N4O2S/c15-16-14(19)13-2-1-12(21-13)10-17-4-3-11(9-17)18-5-7-20-8-6-18/h1-2,11H,3-10,15H2,(H,16,19). The monoisotopic (exact) mass is 310 g/mol. The Bertz CT molecular complexity index is 487. The number of carbonyl (C=O) groups excluding carboxylic acids is 1. The zero-order valence-corrected chi connectivity index (χ0v) is 12.9. The molecular formula is C14H22N4O2S. The first kappa shape index (κ1) is 14.9. The van der Waals surface area contributed by atoms with Crippen LogP contribution in [0.5, 0.6) is 0 Å². The van der Waals surface area contributed by atoms with E-state index in [-0.39, 0.29) is 5.91 Å². The highest BCUT2D eigenvalue weighted by Gasteiger charge is 2.28. The largest absolute Gasteiger partial charge is 0.379 e. The van der Waals surface area contributed by atoms with Gasteiger partial charge in [-0.15, -0.1) is 11.3 Å². The van der Waals surface area contributed by atoms with Gasteiger partial charge in [0.2, 0.25) is 0 Å². The highest BCUT2D eigenvalue weighted by Crippen LogP contribution is 2.22. The highest BCUT2D eigenvalue weighted by atomic mass is 32.1. The first-order valence-corrected chi connectivity index (χ1v) is 8.21. The zero-order chi connectivity index (χ0) is 14.7. The van der Waals surface area contributed by atoms with Crippen LogP contribution in [-0.4, -0.2) is 61.1 Å². The van der Waals surface area contributed by atoms with Gasteiger partial charge >= 0.3 is 0 Å². The van der Waals surface area contributed by atoms with Crippen LogP contribution >= 0.6 is 11.3 Å². The van der Waals surface area contributed by atoms with Crippen molar-refractivity contribution in [2.45, 2.75) is 19.0 Å². The number of thiophene rings is 1. The molecule has 3 heterocycles. The first-order chi connectivity index (χ1) is 10.3. The number of morpholine rings is 1. The van der Waals surface area contributed by atoms with E-state index < -0.39 is 0 Å². The van der Waals surface area contributed by atoms with Crippen LogP contribution in [0.4, 0.5) is 0 Å². The van der Waals surface area contributed by atoms with Gasteiger partial charge in [-0.2, -0.15) is 0 Å². The summed E-state index contributed by atoms with van der Waals surface area (Å²) in [7, 11) is 0. The lowest BCUT2D eigenvalue weighted by Gasteiger charge is -2.32. The summed E-state index contributed by atoms with van der Waals surface area (Å²) in [5.41, 5.74) is 2.18. The summed E-state index contributed by atoms with van der Waals surface area (Å²) in [6, 6.07) is 4.52. The molecule has 0 aromatic carbocycles. The minimum absolute atomic E-state index is 0.209. The van der Waals surface area contributed by atoms with Gasteiger partial charge in [0.05, 0.1) is 18.1 Å². The predicted molar refractivity (Wildman–Crippen MR) is 82.0 cm³/mol. The maximum absolute atomic E-state index is 11.5. The van der Waals surface area contributed by atoms with Crippen LogP contribution in [0.1, 0.15) is 21.0 Å². The summed E-state index contributed by atoms with van der Waals surface area (Å²) in [6.45, 7) is 6.98. The van der Waals surface area contributed by atoms with Crippen LogP contribution < -0.4 is 11.3 Å². The molecule has 3 N–H and O–H groups in total. The van der Waals surface area contributed by atoms with Gasteiger partial charge in [-0.3, -0.25) is 20.0 Å². The third-order valence-electron chi connectivity index (χ3n) is 4.21. The third-order valence-corrected chi connectivity index (χ3v) is 5.27. The SMILES string of the molecule is NNC(=O)c1ccc(CN2CCC(N3CCOCC3)C2)s1. The van der Waals surface area contributed by atoms with E-state index >= 15 is 0 Å². The fourth-order valence-electron chi connectivity index (χ4n) is 3.07. The molecule has 0 radical (unpaired) electrons. The van der Waals surface area contributed by atoms with E-state index in [1.54, 1.807) is 0 Å². The number of likely N-dealkylation sites (tertiary alicyclic amines) is 1. The van der Waals surface area contributed by atoms with Crippen molar-refractivity contribution in [2.24, 2.45) is 5.84 Å². The van der Waals surface area contributed by atoms with Crippen molar-refractivity contribution in [3.05, 3.63) is 21.9 Å². The first-order valence-electron chi connectivity index (χ1n) is 7.40. The molecule has 2 fully saturated rings. The van der Waals surface area contributed by atoms with Gasteiger partial charge in [-0.25, -0.2) is 5.84 Å². The number of nitrogens with two attached hydrogens (primary N) is 1. The molecule has 1 atom stereocenters. The van der Waals surface area contributed by atoms with Gasteiger partial charge in [-0.05, 0) is 18.6 Å². The maximum Gasteiger partial charge on any atom is 0.275 e. The molecule has 6 nitrogen and oxygen atoms in total. The van der Waals surface area contributed by atoms with Gasteiger partial charge in [0.1, 0.15) is 0 Å². The van der Waals surface area contributed by atoms with E-state index in [2.05, 4.69) is 15.2 Å². The molecule has 0 saturated carbocycles. The number of carbonyl (C=O) groups is 1. The Hall–Kier alpha value is -0.990. The lowest BCUT2D eigenvalue weighted by Crippen LogP contribution is -2.44. The maximum atomic E-state index is 11.5. The molecule has 3 rings (SSSR count). The summed E-state index contributed by atoms with van der Waals surface area (Å²) in [4.78, 5) is 18.4. The Labute approximate surface area is 128 Å². The van der Waals surface area contributed by atoms with E-state index in [0.29, 0.717) is 10.9 Å². The number of nitrogen functional groups attached to an aromatic ring is 1. The minimum Gasteiger partial charge on any atom is -0.379 e. The normalized spacial score (nSPS) is 24.3. The average Bonchev–Trinajstić information content (AvgIpc) is 3.17. The molecule has 2 aliphatic heterocycles. The second-order valence-corrected chi connectivity index (χ2v) is 6.73. The number of rotatable bonds is 4. The number of hydrazine groups is 1. The van der Waals surface area contributed by atoms with Crippen molar-refractivity contribution in [3.63, 3.8) is 0 Å². The Kier molecular flexibility index (Phi) is 4.87. The van der Waals surface area contributed by atoms with E-state index in [0.717, 1.165) is 45.9 Å². The molecule has 1 unspecified atom stereocenters. The Morgan fingerprint density at radius 2 is 2.19 bits per heavy atom. The van der Waals surface area contributed by atoms with Crippen molar-refractivity contribution in [1.29, 1.82) is 0 Å². The van der Waals surface area contributed by atoms with Gasteiger partial charge in [-0.1, -0.05) is 0 Å². The van der Waals surface area contributed by atoms with Gasteiger partial charge < -0.3 is 4.74 Å². The molecule has 1 aromatic rings. The minimum atomic E-state index is -0.209. The third kappa shape index (κ3) is 3.61. The average molecular weight is 310 g/mol. The molecule has 1 amide bonds. The number of nitrogens with zero attached hydrogens (tertiary/aromatic N) is 2. The fraction of sp³-hybridized carbons (Fsp3) is 0.643. The summed E-state index contributed by atoms with van der Waals surface area (Å²) in [5.74, 6) is 4.95.